The van der Waals surface area contributed by atoms with E-state index in [0.29, 0.717) is 27.4 Å². The molecule has 0 unspecified atom stereocenters. The molecule has 2 aromatic carbocycles. The lowest BCUT2D eigenvalue weighted by Gasteiger charge is -2.12. The van der Waals surface area contributed by atoms with E-state index in [9.17, 15) is 4.79 Å². The highest BCUT2D eigenvalue weighted by atomic mass is 35.5. The van der Waals surface area contributed by atoms with Crippen LogP contribution >= 0.6 is 11.6 Å². The Hall–Kier alpha value is -3.58. The highest BCUT2D eigenvalue weighted by molar-refractivity contribution is 6.31. The predicted octanol–water partition coefficient (Wildman–Crippen LogP) is 3.56. The number of rotatable bonds is 3. The normalized spacial score (nSPS) is 11.0. The van der Waals surface area contributed by atoms with Crippen molar-refractivity contribution in [2.24, 2.45) is 16.5 Å². The second-order valence-corrected chi connectivity index (χ2v) is 6.95. The van der Waals surface area contributed by atoms with Crippen LogP contribution < -0.4 is 16.2 Å². The first kappa shape index (κ1) is 18.8. The molecule has 7 nitrogen and oxygen atoms in total. The Kier molecular flexibility index (Phi) is 4.60. The summed E-state index contributed by atoms with van der Waals surface area (Å²) >= 11 is 6.13. The molecule has 4 N–H and O–H groups in total. The molecule has 0 atom stereocenters. The van der Waals surface area contributed by atoms with Crippen LogP contribution in [-0.4, -0.2) is 28.5 Å². The summed E-state index contributed by atoms with van der Waals surface area (Å²) in [6.45, 7) is 1.85. The number of pyridine rings is 1. The Morgan fingerprint density at radius 2 is 1.93 bits per heavy atom. The van der Waals surface area contributed by atoms with Crippen molar-refractivity contribution in [2.75, 3.05) is 7.11 Å². The molecule has 4 aromatic rings. The molecule has 0 aliphatic heterocycles. The summed E-state index contributed by atoms with van der Waals surface area (Å²) in [5.74, 6) is -0.178. The first-order valence-corrected chi connectivity index (χ1v) is 9.16. The minimum absolute atomic E-state index is 0.290. The van der Waals surface area contributed by atoms with Gasteiger partial charge in [-0.15, -0.1) is 0 Å². The molecule has 2 heterocycles. The SMILES string of the molecule is COc1ccc2c(c1)c(C(=O)N=C(N)N)c(C)n2-c1ccnc2cc(Cl)ccc12. The Labute approximate surface area is 171 Å². The third kappa shape index (κ3) is 3.15. The van der Waals surface area contributed by atoms with Gasteiger partial charge in [-0.3, -0.25) is 9.78 Å². The van der Waals surface area contributed by atoms with Gasteiger partial charge in [0.1, 0.15) is 5.75 Å². The third-order valence-electron chi connectivity index (χ3n) is 4.78. The monoisotopic (exact) mass is 407 g/mol. The van der Waals surface area contributed by atoms with Crippen LogP contribution in [0.25, 0.3) is 27.5 Å². The molecule has 0 saturated carbocycles. The number of hydrogen-bond acceptors (Lipinski definition) is 3. The van der Waals surface area contributed by atoms with Crippen LogP contribution in [0.2, 0.25) is 5.02 Å². The van der Waals surface area contributed by atoms with E-state index < -0.39 is 5.91 Å². The first-order valence-electron chi connectivity index (χ1n) is 8.78. The van der Waals surface area contributed by atoms with Crippen LogP contribution in [0.5, 0.6) is 5.75 Å². The molecule has 0 saturated heterocycles. The topological polar surface area (TPSA) is 109 Å². The zero-order valence-electron chi connectivity index (χ0n) is 15.8. The fraction of sp³-hybridized carbons (Fsp3) is 0.0952. The van der Waals surface area contributed by atoms with Crippen molar-refractivity contribution in [1.82, 2.24) is 9.55 Å². The lowest BCUT2D eigenvalue weighted by atomic mass is 10.1. The maximum atomic E-state index is 12.8. The number of amides is 1. The molecule has 0 aliphatic rings. The summed E-state index contributed by atoms with van der Waals surface area (Å²) in [6, 6.07) is 13.0. The van der Waals surface area contributed by atoms with Gasteiger partial charge in [0.05, 0.1) is 29.4 Å². The summed E-state index contributed by atoms with van der Waals surface area (Å²) in [7, 11) is 1.57. The number of carbonyl (C=O) groups is 1. The number of nitrogens with zero attached hydrogens (tertiary/aromatic N) is 3. The summed E-state index contributed by atoms with van der Waals surface area (Å²) in [4.78, 5) is 21.0. The van der Waals surface area contributed by atoms with Gasteiger partial charge in [-0.2, -0.15) is 4.99 Å². The average Bonchev–Trinajstić information content (AvgIpc) is 2.97. The van der Waals surface area contributed by atoms with Gasteiger partial charge in [-0.25, -0.2) is 0 Å². The zero-order valence-corrected chi connectivity index (χ0v) is 16.6. The van der Waals surface area contributed by atoms with Gasteiger partial charge in [0, 0.05) is 27.7 Å². The van der Waals surface area contributed by atoms with Crippen LogP contribution in [0, 0.1) is 6.92 Å². The molecule has 4 rings (SSSR count). The van der Waals surface area contributed by atoms with E-state index in [1.165, 1.54) is 0 Å². The Morgan fingerprint density at radius 1 is 1.14 bits per heavy atom. The van der Waals surface area contributed by atoms with Gasteiger partial charge in [-0.1, -0.05) is 11.6 Å². The molecule has 2 aromatic heterocycles. The molecular weight excluding hydrogens is 390 g/mol. The molecule has 1 amide bonds. The lowest BCUT2D eigenvalue weighted by Crippen LogP contribution is -2.24. The van der Waals surface area contributed by atoms with Crippen molar-refractivity contribution in [3.8, 4) is 11.4 Å². The molecule has 0 spiro atoms. The van der Waals surface area contributed by atoms with Gasteiger partial charge in [0.25, 0.3) is 5.91 Å². The van der Waals surface area contributed by atoms with Crippen LogP contribution in [0.3, 0.4) is 0 Å². The number of guanidine groups is 1. The van der Waals surface area contributed by atoms with Gasteiger partial charge in [0.2, 0.25) is 0 Å². The fourth-order valence-electron chi connectivity index (χ4n) is 3.58. The van der Waals surface area contributed by atoms with Crippen molar-refractivity contribution in [1.29, 1.82) is 0 Å². The van der Waals surface area contributed by atoms with E-state index in [1.54, 1.807) is 25.4 Å². The van der Waals surface area contributed by atoms with Gasteiger partial charge in [-0.05, 0) is 49.4 Å². The number of aliphatic imine (C=N–C) groups is 1. The van der Waals surface area contributed by atoms with Crippen LogP contribution in [0.1, 0.15) is 16.1 Å². The second kappa shape index (κ2) is 7.10. The minimum atomic E-state index is -0.513. The number of ether oxygens (including phenoxy) is 1. The number of hydrogen-bond donors (Lipinski definition) is 2. The van der Waals surface area contributed by atoms with Crippen molar-refractivity contribution in [3.05, 3.63) is 64.9 Å². The van der Waals surface area contributed by atoms with Crippen molar-refractivity contribution in [3.63, 3.8) is 0 Å². The smallest absolute Gasteiger partial charge is 0.282 e. The van der Waals surface area contributed by atoms with Crippen LogP contribution in [0.4, 0.5) is 0 Å². The average molecular weight is 408 g/mol. The molecule has 0 bridgehead atoms. The Balaban J connectivity index is 2.10. The third-order valence-corrected chi connectivity index (χ3v) is 5.01. The Bertz CT molecular complexity index is 1310. The van der Waals surface area contributed by atoms with Gasteiger partial charge < -0.3 is 20.8 Å². The van der Waals surface area contributed by atoms with Gasteiger partial charge >= 0.3 is 0 Å². The molecular formula is C21H18ClN5O2. The predicted molar refractivity (Wildman–Crippen MR) is 115 cm³/mol. The number of methoxy groups -OCH3 is 1. The number of halogens is 1. The molecule has 8 heteroatoms. The van der Waals surface area contributed by atoms with E-state index in [4.69, 9.17) is 27.8 Å². The van der Waals surface area contributed by atoms with Crippen LogP contribution in [-0.2, 0) is 0 Å². The molecule has 0 aliphatic carbocycles. The maximum absolute atomic E-state index is 12.8. The molecule has 0 radical (unpaired) electrons. The summed E-state index contributed by atoms with van der Waals surface area (Å²) in [5.41, 5.74) is 14.4. The quantitative estimate of drug-likeness (QED) is 0.398. The molecule has 146 valence electrons. The first-order chi connectivity index (χ1) is 13.9. The fourth-order valence-corrected chi connectivity index (χ4v) is 3.75. The van der Waals surface area contributed by atoms with E-state index >= 15 is 0 Å². The highest BCUT2D eigenvalue weighted by Crippen LogP contribution is 2.34. The summed E-state index contributed by atoms with van der Waals surface area (Å²) in [5, 5.41) is 2.19. The number of nitrogens with two attached hydrogens (primary N) is 2. The lowest BCUT2D eigenvalue weighted by molar-refractivity contribution is 0.100. The highest BCUT2D eigenvalue weighted by Gasteiger charge is 2.22. The molecule has 0 fully saturated rings. The zero-order chi connectivity index (χ0) is 20.7. The summed E-state index contributed by atoms with van der Waals surface area (Å²) < 4.78 is 7.33. The maximum Gasteiger partial charge on any atom is 0.282 e. The Morgan fingerprint density at radius 3 is 2.66 bits per heavy atom. The van der Waals surface area contributed by atoms with E-state index in [2.05, 4.69) is 9.98 Å². The van der Waals surface area contributed by atoms with Crippen molar-refractivity contribution in [2.45, 2.75) is 6.92 Å². The number of benzene rings is 2. The molecule has 29 heavy (non-hydrogen) atoms. The van der Waals surface area contributed by atoms with Crippen molar-refractivity contribution < 1.29 is 9.53 Å². The van der Waals surface area contributed by atoms with Gasteiger partial charge in [0.15, 0.2) is 5.96 Å². The van der Waals surface area contributed by atoms with Crippen LogP contribution in [0.15, 0.2) is 53.7 Å². The number of fused-ring (bicyclic) bond motifs is 2. The van der Waals surface area contributed by atoms with E-state index in [1.807, 2.05) is 41.8 Å². The minimum Gasteiger partial charge on any atom is -0.497 e. The second-order valence-electron chi connectivity index (χ2n) is 6.51. The number of carbonyl (C=O) groups excluding carboxylic acids is 1. The standard InChI is InChI=1S/C21H18ClN5O2/c1-11-19(20(28)26-21(23)24)15-10-13(29-2)4-6-17(15)27(11)18-7-8-25-16-9-12(22)3-5-14(16)18/h3-10H,1-2H3,(H4,23,24,26,28). The summed E-state index contributed by atoms with van der Waals surface area (Å²) in [6.07, 6.45) is 1.71. The van der Waals surface area contributed by atoms with E-state index in [-0.39, 0.29) is 5.96 Å². The largest absolute Gasteiger partial charge is 0.497 e. The van der Waals surface area contributed by atoms with Crippen molar-refractivity contribution >= 4 is 45.3 Å². The number of aromatic nitrogens is 2. The van der Waals surface area contributed by atoms with E-state index in [0.717, 1.165) is 22.1 Å².